The largest absolute Gasteiger partial charge is 0.399 e. The molecule has 0 spiro atoms. The van der Waals surface area contributed by atoms with E-state index in [0.29, 0.717) is 22.9 Å². The molecule has 1 atom stereocenters. The van der Waals surface area contributed by atoms with Crippen LogP contribution < -0.4 is 5.73 Å². The number of thioether (sulfide) groups is 1. The number of halogens is 1. The predicted octanol–water partition coefficient (Wildman–Crippen LogP) is 3.08. The van der Waals surface area contributed by atoms with E-state index < -0.39 is 6.10 Å². The molecule has 0 aliphatic heterocycles. The highest BCUT2D eigenvalue weighted by molar-refractivity contribution is 7.99. The lowest BCUT2D eigenvalue weighted by Crippen LogP contribution is -2.18. The van der Waals surface area contributed by atoms with Crippen molar-refractivity contribution in [3.8, 4) is 0 Å². The van der Waals surface area contributed by atoms with E-state index >= 15 is 0 Å². The van der Waals surface area contributed by atoms with Crippen LogP contribution in [0.1, 0.15) is 5.56 Å². The quantitative estimate of drug-likeness (QED) is 0.610. The van der Waals surface area contributed by atoms with Crippen molar-refractivity contribution in [2.45, 2.75) is 17.6 Å². The topological polar surface area (TPSA) is 55.5 Å². The summed E-state index contributed by atoms with van der Waals surface area (Å²) in [4.78, 5) is 0.478. The first-order valence-electron chi connectivity index (χ1n) is 6.62. The van der Waals surface area contributed by atoms with Gasteiger partial charge in [-0.2, -0.15) is 0 Å². The van der Waals surface area contributed by atoms with Crippen LogP contribution in [0.5, 0.6) is 0 Å². The lowest BCUT2D eigenvalue weighted by molar-refractivity contribution is 0.0398. The van der Waals surface area contributed by atoms with Gasteiger partial charge in [0.1, 0.15) is 5.82 Å². The second-order valence-electron chi connectivity index (χ2n) is 4.66. The Balaban J connectivity index is 1.71. The Bertz CT molecular complexity index is 565. The molecule has 0 heterocycles. The van der Waals surface area contributed by atoms with E-state index in [1.165, 1.54) is 17.8 Å². The first-order valence-corrected chi connectivity index (χ1v) is 7.61. The number of nitrogens with two attached hydrogens (primary N) is 1. The molecule has 0 saturated heterocycles. The van der Waals surface area contributed by atoms with Crippen molar-refractivity contribution in [1.82, 2.24) is 0 Å². The molecule has 0 bridgehead atoms. The van der Waals surface area contributed by atoms with Crippen molar-refractivity contribution in [3.05, 3.63) is 59.9 Å². The summed E-state index contributed by atoms with van der Waals surface area (Å²) in [6.45, 7) is 0.678. The van der Waals surface area contributed by atoms with Crippen molar-refractivity contribution in [2.24, 2.45) is 0 Å². The molecule has 0 aromatic heterocycles. The second kappa shape index (κ2) is 8.02. The molecule has 0 saturated carbocycles. The molecule has 0 fully saturated rings. The molecule has 2 aromatic rings. The highest BCUT2D eigenvalue weighted by atomic mass is 32.2. The van der Waals surface area contributed by atoms with Crippen LogP contribution in [0.2, 0.25) is 0 Å². The number of rotatable bonds is 7. The van der Waals surface area contributed by atoms with Gasteiger partial charge in [0.25, 0.3) is 0 Å². The van der Waals surface area contributed by atoms with Gasteiger partial charge in [-0.1, -0.05) is 30.3 Å². The summed E-state index contributed by atoms with van der Waals surface area (Å²) in [6, 6.07) is 14.3. The number of anilines is 1. The van der Waals surface area contributed by atoms with Crippen LogP contribution in [0.3, 0.4) is 0 Å². The summed E-state index contributed by atoms with van der Waals surface area (Å²) in [5.41, 5.74) is 6.94. The number of benzene rings is 2. The molecule has 0 amide bonds. The number of aliphatic hydroxyl groups is 1. The highest BCUT2D eigenvalue weighted by Crippen LogP contribution is 2.24. The Morgan fingerprint density at radius 3 is 2.67 bits per heavy atom. The smallest absolute Gasteiger partial charge is 0.138 e. The van der Waals surface area contributed by atoms with Gasteiger partial charge in [0.2, 0.25) is 0 Å². The van der Waals surface area contributed by atoms with Gasteiger partial charge in [-0.15, -0.1) is 11.8 Å². The zero-order valence-corrected chi connectivity index (χ0v) is 12.4. The van der Waals surface area contributed by atoms with Crippen LogP contribution in [-0.4, -0.2) is 23.6 Å². The summed E-state index contributed by atoms with van der Waals surface area (Å²) in [7, 11) is 0. The number of hydrogen-bond donors (Lipinski definition) is 2. The SMILES string of the molecule is Nc1ccc(SCC(O)COCc2ccccc2)c(F)c1. The Morgan fingerprint density at radius 1 is 1.19 bits per heavy atom. The third-order valence-electron chi connectivity index (χ3n) is 2.81. The minimum atomic E-state index is -0.643. The third-order valence-corrected chi connectivity index (χ3v) is 4.00. The lowest BCUT2D eigenvalue weighted by Gasteiger charge is -2.11. The monoisotopic (exact) mass is 307 g/mol. The fraction of sp³-hybridized carbons (Fsp3) is 0.250. The van der Waals surface area contributed by atoms with E-state index in [2.05, 4.69) is 0 Å². The molecular weight excluding hydrogens is 289 g/mol. The van der Waals surface area contributed by atoms with Crippen LogP contribution in [0, 0.1) is 5.82 Å². The van der Waals surface area contributed by atoms with E-state index in [-0.39, 0.29) is 12.4 Å². The summed E-state index contributed by atoms with van der Waals surface area (Å²) in [5, 5.41) is 9.84. The maximum Gasteiger partial charge on any atom is 0.138 e. The number of hydrogen-bond acceptors (Lipinski definition) is 4. The van der Waals surface area contributed by atoms with Crippen molar-refractivity contribution in [2.75, 3.05) is 18.1 Å². The first kappa shape index (κ1) is 15.8. The average Bonchev–Trinajstić information content (AvgIpc) is 2.47. The molecular formula is C16H18FNO2S. The van der Waals surface area contributed by atoms with Gasteiger partial charge in [0.05, 0.1) is 19.3 Å². The van der Waals surface area contributed by atoms with Gasteiger partial charge in [0.15, 0.2) is 0 Å². The standard InChI is InChI=1S/C16H18FNO2S/c17-15-8-13(18)6-7-16(15)21-11-14(19)10-20-9-12-4-2-1-3-5-12/h1-8,14,19H,9-11,18H2. The molecule has 0 aliphatic rings. The van der Waals surface area contributed by atoms with Gasteiger partial charge in [-0.3, -0.25) is 0 Å². The Kier molecular flexibility index (Phi) is 6.04. The molecule has 2 rings (SSSR count). The maximum atomic E-state index is 13.6. The summed E-state index contributed by atoms with van der Waals surface area (Å²) in [5.74, 6) is 0.00715. The van der Waals surface area contributed by atoms with E-state index in [1.807, 2.05) is 30.3 Å². The van der Waals surface area contributed by atoms with Gasteiger partial charge in [0, 0.05) is 16.3 Å². The Hall–Kier alpha value is -1.56. The van der Waals surface area contributed by atoms with Gasteiger partial charge < -0.3 is 15.6 Å². The average molecular weight is 307 g/mol. The number of aliphatic hydroxyl groups excluding tert-OH is 1. The first-order chi connectivity index (χ1) is 10.1. The molecule has 0 radical (unpaired) electrons. The molecule has 0 aliphatic carbocycles. The molecule has 1 unspecified atom stereocenters. The summed E-state index contributed by atoms with van der Waals surface area (Å²) >= 11 is 1.25. The van der Waals surface area contributed by atoms with Gasteiger partial charge in [-0.25, -0.2) is 4.39 Å². The maximum absolute atomic E-state index is 13.6. The minimum absolute atomic E-state index is 0.221. The molecule has 3 nitrogen and oxygen atoms in total. The molecule has 2 aromatic carbocycles. The highest BCUT2D eigenvalue weighted by Gasteiger charge is 2.09. The number of ether oxygens (including phenoxy) is 1. The second-order valence-corrected chi connectivity index (χ2v) is 5.72. The lowest BCUT2D eigenvalue weighted by atomic mass is 10.2. The molecule has 21 heavy (non-hydrogen) atoms. The summed E-state index contributed by atoms with van der Waals surface area (Å²) < 4.78 is 19.0. The fourth-order valence-electron chi connectivity index (χ4n) is 1.76. The van der Waals surface area contributed by atoms with Crippen molar-refractivity contribution in [3.63, 3.8) is 0 Å². The third kappa shape index (κ3) is 5.38. The van der Waals surface area contributed by atoms with Crippen LogP contribution in [0.4, 0.5) is 10.1 Å². The normalized spacial score (nSPS) is 12.3. The summed E-state index contributed by atoms with van der Waals surface area (Å²) in [6.07, 6.45) is -0.643. The van der Waals surface area contributed by atoms with E-state index in [1.54, 1.807) is 12.1 Å². The predicted molar refractivity (Wildman–Crippen MR) is 83.6 cm³/mol. The van der Waals surface area contributed by atoms with E-state index in [4.69, 9.17) is 10.5 Å². The van der Waals surface area contributed by atoms with E-state index in [0.717, 1.165) is 5.56 Å². The van der Waals surface area contributed by atoms with Crippen LogP contribution in [0.15, 0.2) is 53.4 Å². The van der Waals surface area contributed by atoms with Crippen LogP contribution >= 0.6 is 11.8 Å². The Morgan fingerprint density at radius 2 is 1.95 bits per heavy atom. The zero-order valence-electron chi connectivity index (χ0n) is 11.5. The van der Waals surface area contributed by atoms with Crippen molar-refractivity contribution < 1.29 is 14.2 Å². The molecule has 5 heteroatoms. The van der Waals surface area contributed by atoms with Crippen LogP contribution in [-0.2, 0) is 11.3 Å². The minimum Gasteiger partial charge on any atom is -0.399 e. The van der Waals surface area contributed by atoms with Crippen molar-refractivity contribution >= 4 is 17.4 Å². The van der Waals surface area contributed by atoms with Crippen LogP contribution in [0.25, 0.3) is 0 Å². The van der Waals surface area contributed by atoms with Crippen molar-refractivity contribution in [1.29, 1.82) is 0 Å². The number of nitrogen functional groups attached to an aromatic ring is 1. The van der Waals surface area contributed by atoms with E-state index in [9.17, 15) is 9.50 Å². The zero-order chi connectivity index (χ0) is 15.1. The molecule has 112 valence electrons. The Labute approximate surface area is 127 Å². The molecule has 3 N–H and O–H groups in total. The van der Waals surface area contributed by atoms with Gasteiger partial charge >= 0.3 is 0 Å². The van der Waals surface area contributed by atoms with Gasteiger partial charge in [-0.05, 0) is 23.8 Å². The fourth-order valence-corrected chi connectivity index (χ4v) is 2.58.